The highest BCUT2D eigenvalue weighted by atomic mass is 32.2. The number of aryl methyl sites for hydroxylation is 1. The van der Waals surface area contributed by atoms with Crippen molar-refractivity contribution >= 4 is 15.7 Å². The second-order valence-electron chi connectivity index (χ2n) is 5.25. The number of nitrogens with one attached hydrogen (secondary N) is 1. The van der Waals surface area contributed by atoms with Gasteiger partial charge in [0.2, 0.25) is 10.0 Å². The van der Waals surface area contributed by atoms with Gasteiger partial charge in [-0.25, -0.2) is 13.1 Å². The molecule has 0 saturated carbocycles. The van der Waals surface area contributed by atoms with Crippen LogP contribution in [0.1, 0.15) is 12.0 Å². The van der Waals surface area contributed by atoms with Gasteiger partial charge in [0.15, 0.2) is 0 Å². The summed E-state index contributed by atoms with van der Waals surface area (Å²) < 4.78 is 32.3. The van der Waals surface area contributed by atoms with Crippen molar-refractivity contribution < 1.29 is 13.2 Å². The minimum atomic E-state index is -3.53. The Hall–Kier alpha value is -1.15. The van der Waals surface area contributed by atoms with Crippen molar-refractivity contribution in [3.63, 3.8) is 0 Å². The van der Waals surface area contributed by atoms with Crippen LogP contribution in [-0.2, 0) is 14.8 Å². The van der Waals surface area contributed by atoms with Crippen molar-refractivity contribution in [3.8, 4) is 0 Å². The van der Waals surface area contributed by atoms with Crippen molar-refractivity contribution in [2.24, 2.45) is 0 Å². The molecule has 0 radical (unpaired) electrons. The predicted octanol–water partition coefficient (Wildman–Crippen LogP) is 0.578. The van der Waals surface area contributed by atoms with E-state index in [1.807, 2.05) is 6.92 Å². The van der Waals surface area contributed by atoms with Crippen molar-refractivity contribution in [3.05, 3.63) is 23.8 Å². The number of ether oxygens (including phenoxy) is 1. The second kappa shape index (κ2) is 7.22. The maximum atomic E-state index is 12.2. The number of nitrogen functional groups attached to an aromatic ring is 1. The smallest absolute Gasteiger partial charge is 0.242 e. The van der Waals surface area contributed by atoms with E-state index < -0.39 is 10.0 Å². The normalized spacial score (nSPS) is 17.0. The lowest BCUT2D eigenvalue weighted by molar-refractivity contribution is 0.0376. The molecule has 1 saturated heterocycles. The summed E-state index contributed by atoms with van der Waals surface area (Å²) in [7, 11) is -3.53. The average molecular weight is 313 g/mol. The summed E-state index contributed by atoms with van der Waals surface area (Å²) in [5.41, 5.74) is 7.02. The summed E-state index contributed by atoms with van der Waals surface area (Å²) in [6.45, 7) is 6.50. The number of hydrogen-bond donors (Lipinski definition) is 2. The molecule has 118 valence electrons. The number of nitrogens with zero attached hydrogens (tertiary/aromatic N) is 1. The minimum Gasteiger partial charge on any atom is -0.398 e. The Morgan fingerprint density at radius 3 is 2.71 bits per heavy atom. The number of hydrogen-bond acceptors (Lipinski definition) is 5. The standard InChI is InChI=1S/C14H23N3O3S/c1-12-3-4-14(13(15)11-12)21(18,19)16-5-2-6-17-7-9-20-10-8-17/h3-4,11,16H,2,5-10,15H2,1H3. The molecule has 0 spiro atoms. The molecule has 21 heavy (non-hydrogen) atoms. The monoisotopic (exact) mass is 313 g/mol. The topological polar surface area (TPSA) is 84.7 Å². The molecule has 3 N–H and O–H groups in total. The quantitative estimate of drug-likeness (QED) is 0.593. The number of nitrogens with two attached hydrogens (primary N) is 1. The highest BCUT2D eigenvalue weighted by molar-refractivity contribution is 7.89. The molecular formula is C14H23N3O3S. The van der Waals surface area contributed by atoms with Gasteiger partial charge in [0.05, 0.1) is 18.9 Å². The molecule has 0 amide bonds. The Morgan fingerprint density at radius 1 is 1.33 bits per heavy atom. The lowest BCUT2D eigenvalue weighted by Gasteiger charge is -2.26. The number of benzene rings is 1. The maximum Gasteiger partial charge on any atom is 0.242 e. The molecular weight excluding hydrogens is 290 g/mol. The Balaban J connectivity index is 1.83. The van der Waals surface area contributed by atoms with E-state index in [-0.39, 0.29) is 10.6 Å². The van der Waals surface area contributed by atoms with Crippen LogP contribution < -0.4 is 10.5 Å². The lowest BCUT2D eigenvalue weighted by Crippen LogP contribution is -2.38. The molecule has 0 atom stereocenters. The van der Waals surface area contributed by atoms with Gasteiger partial charge in [0.1, 0.15) is 4.90 Å². The summed E-state index contributed by atoms with van der Waals surface area (Å²) in [6, 6.07) is 4.97. The van der Waals surface area contributed by atoms with Crippen LogP contribution in [0.5, 0.6) is 0 Å². The molecule has 1 aliphatic rings. The molecule has 1 fully saturated rings. The highest BCUT2D eigenvalue weighted by Gasteiger charge is 2.17. The molecule has 0 unspecified atom stereocenters. The van der Waals surface area contributed by atoms with Gasteiger partial charge in [0, 0.05) is 19.6 Å². The summed E-state index contributed by atoms with van der Waals surface area (Å²) >= 11 is 0. The largest absolute Gasteiger partial charge is 0.398 e. The van der Waals surface area contributed by atoms with Crippen LogP contribution in [0.25, 0.3) is 0 Å². The van der Waals surface area contributed by atoms with Gasteiger partial charge in [-0.05, 0) is 37.6 Å². The predicted molar refractivity (Wildman–Crippen MR) is 82.7 cm³/mol. The van der Waals surface area contributed by atoms with E-state index in [1.54, 1.807) is 18.2 Å². The molecule has 0 aliphatic carbocycles. The first-order valence-electron chi connectivity index (χ1n) is 7.15. The van der Waals surface area contributed by atoms with Crippen LogP contribution in [0.2, 0.25) is 0 Å². The van der Waals surface area contributed by atoms with Gasteiger partial charge in [-0.3, -0.25) is 4.90 Å². The first-order chi connectivity index (χ1) is 9.99. The van der Waals surface area contributed by atoms with Crippen LogP contribution in [-0.4, -0.2) is 52.7 Å². The van der Waals surface area contributed by atoms with E-state index in [0.29, 0.717) is 6.54 Å². The third kappa shape index (κ3) is 4.67. The van der Waals surface area contributed by atoms with Crippen LogP contribution in [0, 0.1) is 6.92 Å². The fourth-order valence-corrected chi connectivity index (χ4v) is 3.51. The first kappa shape index (κ1) is 16.2. The lowest BCUT2D eigenvalue weighted by atomic mass is 10.2. The molecule has 2 rings (SSSR count). The summed E-state index contributed by atoms with van der Waals surface area (Å²) in [4.78, 5) is 2.43. The van der Waals surface area contributed by atoms with Gasteiger partial charge < -0.3 is 10.5 Å². The van der Waals surface area contributed by atoms with Gasteiger partial charge in [0.25, 0.3) is 0 Å². The molecule has 0 aromatic heterocycles. The van der Waals surface area contributed by atoms with Gasteiger partial charge >= 0.3 is 0 Å². The van der Waals surface area contributed by atoms with E-state index in [2.05, 4.69) is 9.62 Å². The van der Waals surface area contributed by atoms with Crippen LogP contribution in [0.3, 0.4) is 0 Å². The summed E-state index contributed by atoms with van der Waals surface area (Å²) in [5.74, 6) is 0. The zero-order valence-corrected chi connectivity index (χ0v) is 13.2. The number of sulfonamides is 1. The van der Waals surface area contributed by atoms with Crippen molar-refractivity contribution in [1.29, 1.82) is 0 Å². The first-order valence-corrected chi connectivity index (χ1v) is 8.63. The van der Waals surface area contributed by atoms with E-state index in [4.69, 9.17) is 10.5 Å². The highest BCUT2D eigenvalue weighted by Crippen LogP contribution is 2.19. The molecule has 1 aliphatic heterocycles. The second-order valence-corrected chi connectivity index (χ2v) is 6.98. The molecule has 6 nitrogen and oxygen atoms in total. The zero-order chi connectivity index (χ0) is 15.3. The van der Waals surface area contributed by atoms with E-state index >= 15 is 0 Å². The van der Waals surface area contributed by atoms with Crippen molar-refractivity contribution in [2.45, 2.75) is 18.2 Å². The van der Waals surface area contributed by atoms with Gasteiger partial charge in [-0.2, -0.15) is 0 Å². The van der Waals surface area contributed by atoms with Crippen molar-refractivity contribution in [2.75, 3.05) is 45.1 Å². The van der Waals surface area contributed by atoms with E-state index in [9.17, 15) is 8.42 Å². The van der Waals surface area contributed by atoms with Gasteiger partial charge in [-0.15, -0.1) is 0 Å². The number of anilines is 1. The van der Waals surface area contributed by atoms with Crippen LogP contribution in [0.4, 0.5) is 5.69 Å². The molecule has 7 heteroatoms. The van der Waals surface area contributed by atoms with Crippen LogP contribution >= 0.6 is 0 Å². The van der Waals surface area contributed by atoms with Crippen molar-refractivity contribution in [1.82, 2.24) is 9.62 Å². The Bertz CT molecular complexity index is 569. The third-order valence-electron chi connectivity index (χ3n) is 3.50. The maximum absolute atomic E-state index is 12.2. The van der Waals surface area contributed by atoms with E-state index in [1.165, 1.54) is 0 Å². The average Bonchev–Trinajstić information content (AvgIpc) is 2.44. The zero-order valence-electron chi connectivity index (χ0n) is 12.3. The Kier molecular flexibility index (Phi) is 5.58. The molecule has 1 aromatic rings. The van der Waals surface area contributed by atoms with Crippen LogP contribution in [0.15, 0.2) is 23.1 Å². The molecule has 0 bridgehead atoms. The fourth-order valence-electron chi connectivity index (χ4n) is 2.32. The van der Waals surface area contributed by atoms with Gasteiger partial charge in [-0.1, -0.05) is 6.07 Å². The molecule has 1 heterocycles. The summed E-state index contributed by atoms with van der Waals surface area (Å²) in [5, 5.41) is 0. The number of rotatable bonds is 6. The fraction of sp³-hybridized carbons (Fsp3) is 0.571. The SMILES string of the molecule is Cc1ccc(S(=O)(=O)NCCCN2CCOCC2)c(N)c1. The number of morpholine rings is 1. The summed E-state index contributed by atoms with van der Waals surface area (Å²) in [6.07, 6.45) is 0.769. The molecule has 1 aromatic carbocycles. The Labute approximate surface area is 126 Å². The van der Waals surface area contributed by atoms with E-state index in [0.717, 1.165) is 44.8 Å². The third-order valence-corrected chi connectivity index (χ3v) is 5.04. The Morgan fingerprint density at radius 2 is 2.05 bits per heavy atom. The minimum absolute atomic E-state index is 0.152.